The molecular weight excluding hydrogens is 258 g/mol. The maximum absolute atomic E-state index is 11.6. The Balaban J connectivity index is 1.82. The van der Waals surface area contributed by atoms with Crippen molar-refractivity contribution in [2.24, 2.45) is 0 Å². The van der Waals surface area contributed by atoms with Crippen LogP contribution < -0.4 is 5.32 Å². The van der Waals surface area contributed by atoms with Crippen LogP contribution in [0.3, 0.4) is 0 Å². The number of Topliss-reactive ketones (excluding diaryl/α,β-unsaturated/α-hetero) is 1. The molecule has 0 aliphatic rings. The second-order valence-corrected chi connectivity index (χ2v) is 4.32. The number of ether oxygens (including phenoxy) is 1. The van der Waals surface area contributed by atoms with E-state index in [2.05, 4.69) is 10.4 Å². The highest BCUT2D eigenvalue weighted by Crippen LogP contribution is 2.07. The first kappa shape index (κ1) is 13.8. The molecule has 0 atom stereocenters. The molecule has 0 aliphatic carbocycles. The fourth-order valence-electron chi connectivity index (χ4n) is 1.62. The second kappa shape index (κ2) is 6.51. The van der Waals surface area contributed by atoms with Crippen LogP contribution in [0.5, 0.6) is 0 Å². The molecule has 1 heterocycles. The van der Waals surface area contributed by atoms with Crippen LogP contribution in [0.1, 0.15) is 12.5 Å². The Hall–Kier alpha value is -2.63. The molecule has 0 aliphatic heterocycles. The van der Waals surface area contributed by atoms with Gasteiger partial charge < -0.3 is 4.74 Å². The Kier molecular flexibility index (Phi) is 4.49. The van der Waals surface area contributed by atoms with Crippen molar-refractivity contribution >= 4 is 17.6 Å². The van der Waals surface area contributed by atoms with Gasteiger partial charge in [0.2, 0.25) is 0 Å². The minimum absolute atomic E-state index is 0.00805. The number of nitrogens with one attached hydrogen (secondary N) is 1. The van der Waals surface area contributed by atoms with Gasteiger partial charge in [0.05, 0.1) is 18.4 Å². The zero-order chi connectivity index (χ0) is 14.4. The molecule has 0 unspecified atom stereocenters. The molecule has 1 N–H and O–H groups in total. The summed E-state index contributed by atoms with van der Waals surface area (Å²) in [5.74, 6) is -0.00805. The van der Waals surface area contributed by atoms with E-state index < -0.39 is 6.09 Å². The van der Waals surface area contributed by atoms with Gasteiger partial charge in [-0.25, -0.2) is 4.79 Å². The highest BCUT2D eigenvalue weighted by molar-refractivity contribution is 5.84. The summed E-state index contributed by atoms with van der Waals surface area (Å²) in [6, 6.07) is 9.40. The molecule has 0 spiro atoms. The van der Waals surface area contributed by atoms with Gasteiger partial charge in [0.1, 0.15) is 6.61 Å². The van der Waals surface area contributed by atoms with Gasteiger partial charge in [-0.3, -0.25) is 14.8 Å². The number of aromatic nitrogens is 2. The topological polar surface area (TPSA) is 73.2 Å². The molecule has 1 amide bonds. The SMILES string of the molecule is CC(=O)Cn1cc(NC(=O)OCc2ccccc2)cn1. The van der Waals surface area contributed by atoms with E-state index in [0.717, 1.165) is 5.56 Å². The monoisotopic (exact) mass is 273 g/mol. The van der Waals surface area contributed by atoms with Crippen molar-refractivity contribution < 1.29 is 14.3 Å². The zero-order valence-electron chi connectivity index (χ0n) is 11.1. The van der Waals surface area contributed by atoms with E-state index in [-0.39, 0.29) is 18.9 Å². The molecule has 0 fully saturated rings. The Labute approximate surface area is 116 Å². The van der Waals surface area contributed by atoms with Gasteiger partial charge in [0, 0.05) is 6.20 Å². The van der Waals surface area contributed by atoms with E-state index in [1.165, 1.54) is 17.8 Å². The minimum Gasteiger partial charge on any atom is -0.444 e. The van der Waals surface area contributed by atoms with E-state index in [1.807, 2.05) is 30.3 Å². The van der Waals surface area contributed by atoms with Gasteiger partial charge in [-0.15, -0.1) is 0 Å². The second-order valence-electron chi connectivity index (χ2n) is 4.32. The first-order valence-corrected chi connectivity index (χ1v) is 6.13. The highest BCUT2D eigenvalue weighted by Gasteiger charge is 2.06. The predicted octanol–water partition coefficient (Wildman–Crippen LogP) is 2.22. The first-order valence-electron chi connectivity index (χ1n) is 6.13. The summed E-state index contributed by atoms with van der Waals surface area (Å²) in [7, 11) is 0. The molecule has 104 valence electrons. The Morgan fingerprint density at radius 3 is 2.75 bits per heavy atom. The van der Waals surface area contributed by atoms with Crippen LogP contribution in [0.15, 0.2) is 42.7 Å². The molecule has 1 aromatic carbocycles. The third kappa shape index (κ3) is 4.24. The molecule has 2 aromatic rings. The number of carbonyl (C=O) groups is 2. The highest BCUT2D eigenvalue weighted by atomic mass is 16.5. The number of amides is 1. The van der Waals surface area contributed by atoms with Crippen LogP contribution in [-0.2, 0) is 22.7 Å². The molecule has 0 radical (unpaired) electrons. The molecule has 6 nitrogen and oxygen atoms in total. The fraction of sp³-hybridized carbons (Fsp3) is 0.214. The van der Waals surface area contributed by atoms with E-state index in [1.54, 1.807) is 6.20 Å². The van der Waals surface area contributed by atoms with E-state index in [9.17, 15) is 9.59 Å². The quantitative estimate of drug-likeness (QED) is 0.906. The molecular formula is C14H15N3O3. The van der Waals surface area contributed by atoms with Crippen molar-refractivity contribution in [3.05, 3.63) is 48.3 Å². The standard InChI is InChI=1S/C14H15N3O3/c1-11(18)8-17-9-13(7-15-17)16-14(19)20-10-12-5-3-2-4-6-12/h2-7,9H,8,10H2,1H3,(H,16,19). The largest absolute Gasteiger partial charge is 0.444 e. The van der Waals surface area contributed by atoms with Crippen LogP contribution in [0.25, 0.3) is 0 Å². The molecule has 1 aromatic heterocycles. The summed E-state index contributed by atoms with van der Waals surface area (Å²) in [5, 5.41) is 6.50. The Morgan fingerprint density at radius 2 is 2.05 bits per heavy atom. The molecule has 2 rings (SSSR count). The van der Waals surface area contributed by atoms with Crippen LogP contribution in [0, 0.1) is 0 Å². The van der Waals surface area contributed by atoms with Crippen LogP contribution in [0.4, 0.5) is 10.5 Å². The van der Waals surface area contributed by atoms with Gasteiger partial charge >= 0.3 is 6.09 Å². The maximum atomic E-state index is 11.6. The average molecular weight is 273 g/mol. The summed E-state index contributed by atoms with van der Waals surface area (Å²) < 4.78 is 6.52. The van der Waals surface area contributed by atoms with Crippen molar-refractivity contribution in [1.82, 2.24) is 9.78 Å². The lowest BCUT2D eigenvalue weighted by Crippen LogP contribution is -2.13. The van der Waals surface area contributed by atoms with Gasteiger partial charge in [-0.2, -0.15) is 5.10 Å². The van der Waals surface area contributed by atoms with Crippen LogP contribution in [0.2, 0.25) is 0 Å². The number of ketones is 1. The van der Waals surface area contributed by atoms with Gasteiger partial charge in [0.25, 0.3) is 0 Å². The molecule has 20 heavy (non-hydrogen) atoms. The van der Waals surface area contributed by atoms with E-state index in [0.29, 0.717) is 5.69 Å². The van der Waals surface area contributed by atoms with Crippen molar-refractivity contribution in [3.8, 4) is 0 Å². The van der Waals surface area contributed by atoms with Gasteiger partial charge in [0.15, 0.2) is 5.78 Å². The number of hydrogen-bond acceptors (Lipinski definition) is 4. The summed E-state index contributed by atoms with van der Waals surface area (Å²) in [6.45, 7) is 1.86. The van der Waals surface area contributed by atoms with Crippen molar-refractivity contribution in [3.63, 3.8) is 0 Å². The average Bonchev–Trinajstić information content (AvgIpc) is 2.84. The number of nitrogens with zero attached hydrogens (tertiary/aromatic N) is 2. The number of hydrogen-bond donors (Lipinski definition) is 1. The molecule has 6 heteroatoms. The van der Waals surface area contributed by atoms with Gasteiger partial charge in [-0.1, -0.05) is 30.3 Å². The summed E-state index contributed by atoms with van der Waals surface area (Å²) in [4.78, 5) is 22.5. The van der Waals surface area contributed by atoms with E-state index >= 15 is 0 Å². The number of carbonyl (C=O) groups excluding carboxylic acids is 2. The number of benzene rings is 1. The number of rotatable bonds is 5. The van der Waals surface area contributed by atoms with Crippen LogP contribution >= 0.6 is 0 Å². The third-order valence-corrected chi connectivity index (χ3v) is 2.48. The predicted molar refractivity (Wildman–Crippen MR) is 73.2 cm³/mol. The number of anilines is 1. The first-order chi connectivity index (χ1) is 9.63. The maximum Gasteiger partial charge on any atom is 0.412 e. The summed E-state index contributed by atoms with van der Waals surface area (Å²) in [5.41, 5.74) is 1.40. The van der Waals surface area contributed by atoms with Crippen molar-refractivity contribution in [2.75, 3.05) is 5.32 Å². The Morgan fingerprint density at radius 1 is 1.30 bits per heavy atom. The smallest absolute Gasteiger partial charge is 0.412 e. The fourth-order valence-corrected chi connectivity index (χ4v) is 1.62. The lowest BCUT2D eigenvalue weighted by Gasteiger charge is -2.05. The van der Waals surface area contributed by atoms with Crippen molar-refractivity contribution in [1.29, 1.82) is 0 Å². The lowest BCUT2D eigenvalue weighted by atomic mass is 10.2. The molecule has 0 saturated heterocycles. The lowest BCUT2D eigenvalue weighted by molar-refractivity contribution is -0.117. The normalized spacial score (nSPS) is 10.1. The summed E-state index contributed by atoms with van der Waals surface area (Å²) in [6.07, 6.45) is 2.48. The van der Waals surface area contributed by atoms with Crippen LogP contribution in [-0.4, -0.2) is 21.7 Å². The van der Waals surface area contributed by atoms with Gasteiger partial charge in [-0.05, 0) is 12.5 Å². The van der Waals surface area contributed by atoms with E-state index in [4.69, 9.17) is 4.74 Å². The van der Waals surface area contributed by atoms with Crippen molar-refractivity contribution in [2.45, 2.75) is 20.1 Å². The minimum atomic E-state index is -0.559. The third-order valence-electron chi connectivity index (χ3n) is 2.48. The molecule has 0 saturated carbocycles. The summed E-state index contributed by atoms with van der Waals surface area (Å²) >= 11 is 0. The molecule has 0 bridgehead atoms. The zero-order valence-corrected chi connectivity index (χ0v) is 11.1. The Bertz CT molecular complexity index is 593.